The van der Waals surface area contributed by atoms with Crippen molar-refractivity contribution in [3.63, 3.8) is 0 Å². The normalized spacial score (nSPS) is 26.8. The standard InChI is InChI=1S/C11H16BrNOS/c1-14-8-11(6-2-3-7-13-11)9-4-5-10(12)15-9/h4-5,13H,2-3,6-8H2,1H3. The van der Waals surface area contributed by atoms with Crippen LogP contribution in [0.3, 0.4) is 0 Å². The van der Waals surface area contributed by atoms with Gasteiger partial charge < -0.3 is 10.1 Å². The van der Waals surface area contributed by atoms with Gasteiger partial charge in [0.2, 0.25) is 0 Å². The number of piperidine rings is 1. The van der Waals surface area contributed by atoms with E-state index in [0.717, 1.165) is 13.2 Å². The Labute approximate surface area is 103 Å². The van der Waals surface area contributed by atoms with Crippen LogP contribution in [0.4, 0.5) is 0 Å². The van der Waals surface area contributed by atoms with E-state index < -0.39 is 0 Å². The van der Waals surface area contributed by atoms with Gasteiger partial charge in [0.05, 0.1) is 15.9 Å². The Morgan fingerprint density at radius 1 is 1.53 bits per heavy atom. The van der Waals surface area contributed by atoms with Crippen molar-refractivity contribution in [1.82, 2.24) is 5.32 Å². The Morgan fingerprint density at radius 3 is 2.93 bits per heavy atom. The third-order valence-electron chi connectivity index (χ3n) is 2.93. The van der Waals surface area contributed by atoms with E-state index in [1.807, 2.05) is 11.3 Å². The van der Waals surface area contributed by atoms with Crippen molar-refractivity contribution in [3.05, 3.63) is 20.8 Å². The molecule has 1 aromatic rings. The molecule has 15 heavy (non-hydrogen) atoms. The number of rotatable bonds is 3. The summed E-state index contributed by atoms with van der Waals surface area (Å²) in [5.74, 6) is 0. The van der Waals surface area contributed by atoms with Crippen LogP contribution in [-0.2, 0) is 10.3 Å². The number of thiophene rings is 1. The lowest BCUT2D eigenvalue weighted by atomic mass is 9.88. The molecular formula is C11H16BrNOS. The maximum absolute atomic E-state index is 5.38. The number of hydrogen-bond donors (Lipinski definition) is 1. The molecule has 0 radical (unpaired) electrons. The van der Waals surface area contributed by atoms with Gasteiger partial charge in [-0.25, -0.2) is 0 Å². The molecule has 0 spiro atoms. The second kappa shape index (κ2) is 4.95. The average Bonchev–Trinajstić information content (AvgIpc) is 2.67. The quantitative estimate of drug-likeness (QED) is 0.923. The summed E-state index contributed by atoms with van der Waals surface area (Å²) >= 11 is 5.33. The first-order chi connectivity index (χ1) is 7.27. The van der Waals surface area contributed by atoms with E-state index in [1.165, 1.54) is 27.9 Å². The second-order valence-corrected chi connectivity index (χ2v) is 6.47. The first-order valence-electron chi connectivity index (χ1n) is 5.27. The molecule has 0 amide bonds. The Kier molecular flexibility index (Phi) is 3.83. The summed E-state index contributed by atoms with van der Waals surface area (Å²) in [5.41, 5.74) is 0.0592. The molecule has 0 bridgehead atoms. The molecule has 1 fully saturated rings. The van der Waals surface area contributed by atoms with Gasteiger partial charge in [0, 0.05) is 12.0 Å². The summed E-state index contributed by atoms with van der Waals surface area (Å²) < 4.78 is 6.57. The molecule has 4 heteroatoms. The third kappa shape index (κ3) is 2.44. The Balaban J connectivity index is 2.24. The van der Waals surface area contributed by atoms with E-state index >= 15 is 0 Å². The van der Waals surface area contributed by atoms with Gasteiger partial charge in [-0.3, -0.25) is 0 Å². The van der Waals surface area contributed by atoms with E-state index in [1.54, 1.807) is 7.11 Å². The molecule has 84 valence electrons. The van der Waals surface area contributed by atoms with E-state index in [9.17, 15) is 0 Å². The van der Waals surface area contributed by atoms with Crippen molar-refractivity contribution in [3.8, 4) is 0 Å². The fourth-order valence-electron chi connectivity index (χ4n) is 2.19. The summed E-state index contributed by atoms with van der Waals surface area (Å²) in [4.78, 5) is 1.39. The molecule has 1 aromatic heterocycles. The van der Waals surface area contributed by atoms with E-state index in [4.69, 9.17) is 4.74 Å². The predicted octanol–water partition coefficient (Wildman–Crippen LogP) is 3.13. The molecule has 1 unspecified atom stereocenters. The minimum absolute atomic E-state index is 0.0592. The van der Waals surface area contributed by atoms with Crippen LogP contribution in [0.1, 0.15) is 24.1 Å². The van der Waals surface area contributed by atoms with Crippen molar-refractivity contribution < 1.29 is 4.74 Å². The highest BCUT2D eigenvalue weighted by Crippen LogP contribution is 2.36. The lowest BCUT2D eigenvalue weighted by Gasteiger charge is -2.37. The van der Waals surface area contributed by atoms with Gasteiger partial charge in [-0.15, -0.1) is 11.3 Å². The maximum atomic E-state index is 5.38. The molecule has 0 aliphatic carbocycles. The summed E-state index contributed by atoms with van der Waals surface area (Å²) in [7, 11) is 1.78. The highest BCUT2D eigenvalue weighted by molar-refractivity contribution is 9.11. The second-order valence-electron chi connectivity index (χ2n) is 4.00. The Bertz CT molecular complexity index is 315. The molecule has 2 nitrogen and oxygen atoms in total. The number of hydrogen-bond acceptors (Lipinski definition) is 3. The first-order valence-corrected chi connectivity index (χ1v) is 6.87. The van der Waals surface area contributed by atoms with Gasteiger partial charge in [-0.2, -0.15) is 0 Å². The molecule has 1 aliphatic heterocycles. The smallest absolute Gasteiger partial charge is 0.0765 e. The van der Waals surface area contributed by atoms with Crippen LogP contribution in [0.2, 0.25) is 0 Å². The lowest BCUT2D eigenvalue weighted by molar-refractivity contribution is 0.0906. The topological polar surface area (TPSA) is 21.3 Å². The fraction of sp³-hybridized carbons (Fsp3) is 0.636. The molecule has 1 aliphatic rings. The zero-order valence-corrected chi connectivity index (χ0v) is 11.3. The summed E-state index contributed by atoms with van der Waals surface area (Å²) in [6, 6.07) is 4.32. The first kappa shape index (κ1) is 11.6. The molecule has 0 saturated carbocycles. The van der Waals surface area contributed by atoms with Crippen LogP contribution in [0.5, 0.6) is 0 Å². The van der Waals surface area contributed by atoms with Gasteiger partial charge in [0.25, 0.3) is 0 Å². The highest BCUT2D eigenvalue weighted by atomic mass is 79.9. The summed E-state index contributed by atoms with van der Waals surface area (Å²) in [6.45, 7) is 1.86. The molecule has 1 atom stereocenters. The van der Waals surface area contributed by atoms with Crippen LogP contribution in [0.25, 0.3) is 0 Å². The molecule has 1 saturated heterocycles. The molecular weight excluding hydrogens is 274 g/mol. The molecule has 1 N–H and O–H groups in total. The molecule has 2 heterocycles. The number of ether oxygens (including phenoxy) is 1. The minimum atomic E-state index is 0.0592. The monoisotopic (exact) mass is 289 g/mol. The lowest BCUT2D eigenvalue weighted by Crippen LogP contribution is -2.48. The zero-order chi connectivity index (χ0) is 10.7. The van der Waals surface area contributed by atoms with E-state index in [2.05, 4.69) is 33.4 Å². The van der Waals surface area contributed by atoms with Crippen LogP contribution in [-0.4, -0.2) is 20.3 Å². The summed E-state index contributed by atoms with van der Waals surface area (Å²) in [6.07, 6.45) is 3.73. The van der Waals surface area contributed by atoms with Crippen LogP contribution in [0, 0.1) is 0 Å². The van der Waals surface area contributed by atoms with Gasteiger partial charge in [-0.05, 0) is 53.9 Å². The zero-order valence-electron chi connectivity index (χ0n) is 8.88. The van der Waals surface area contributed by atoms with Gasteiger partial charge in [-0.1, -0.05) is 0 Å². The summed E-state index contributed by atoms with van der Waals surface area (Å²) in [5, 5.41) is 3.63. The van der Waals surface area contributed by atoms with E-state index in [-0.39, 0.29) is 5.54 Å². The largest absolute Gasteiger partial charge is 0.382 e. The Hall–Kier alpha value is 0.1000. The van der Waals surface area contributed by atoms with Crippen molar-refractivity contribution in [2.75, 3.05) is 20.3 Å². The van der Waals surface area contributed by atoms with Crippen molar-refractivity contribution in [2.45, 2.75) is 24.8 Å². The maximum Gasteiger partial charge on any atom is 0.0765 e. The number of nitrogens with one attached hydrogen (secondary N) is 1. The minimum Gasteiger partial charge on any atom is -0.382 e. The number of halogens is 1. The van der Waals surface area contributed by atoms with Crippen molar-refractivity contribution in [1.29, 1.82) is 0 Å². The van der Waals surface area contributed by atoms with Gasteiger partial charge in [0.1, 0.15) is 0 Å². The highest BCUT2D eigenvalue weighted by Gasteiger charge is 2.34. The molecule has 0 aromatic carbocycles. The fourth-order valence-corrected chi connectivity index (χ4v) is 3.76. The average molecular weight is 290 g/mol. The van der Waals surface area contributed by atoms with Crippen molar-refractivity contribution in [2.24, 2.45) is 0 Å². The van der Waals surface area contributed by atoms with Crippen LogP contribution < -0.4 is 5.32 Å². The van der Waals surface area contributed by atoms with Crippen LogP contribution in [0.15, 0.2) is 15.9 Å². The van der Waals surface area contributed by atoms with Gasteiger partial charge in [0.15, 0.2) is 0 Å². The number of methoxy groups -OCH3 is 1. The van der Waals surface area contributed by atoms with Crippen molar-refractivity contribution >= 4 is 27.3 Å². The predicted molar refractivity (Wildman–Crippen MR) is 67.4 cm³/mol. The molecule has 2 rings (SSSR count). The van der Waals surface area contributed by atoms with E-state index in [0.29, 0.717) is 0 Å². The van der Waals surface area contributed by atoms with Gasteiger partial charge >= 0.3 is 0 Å². The SMILES string of the molecule is COCC1(c2ccc(Br)s2)CCCCN1. The Morgan fingerprint density at radius 2 is 2.40 bits per heavy atom. The third-order valence-corrected chi connectivity index (χ3v) is 4.76. The van der Waals surface area contributed by atoms with Crippen LogP contribution >= 0.6 is 27.3 Å².